The zero-order valence-electron chi connectivity index (χ0n) is 14.2. The van der Waals surface area contributed by atoms with Crippen molar-refractivity contribution in [2.45, 2.75) is 31.9 Å². The average molecular weight is 323 g/mol. The number of nitrogens with one attached hydrogen (secondary N) is 1. The second-order valence-corrected chi connectivity index (χ2v) is 6.00. The molecule has 0 aliphatic carbocycles. The minimum absolute atomic E-state index is 0.226. The van der Waals surface area contributed by atoms with Crippen LogP contribution in [0.4, 0.5) is 0 Å². The Bertz CT molecular complexity index is 654. The van der Waals surface area contributed by atoms with E-state index in [1.807, 2.05) is 42.5 Å². The summed E-state index contributed by atoms with van der Waals surface area (Å²) < 4.78 is 11.8. The number of hydrogen-bond donors (Lipinski definition) is 1. The quantitative estimate of drug-likeness (QED) is 0.782. The Kier molecular flexibility index (Phi) is 5.91. The van der Waals surface area contributed by atoms with Gasteiger partial charge in [-0.15, -0.1) is 0 Å². The first kappa shape index (κ1) is 16.6. The van der Waals surface area contributed by atoms with Crippen LogP contribution in [0.25, 0.3) is 0 Å². The smallest absolute Gasteiger partial charge is 0.122 e. The average Bonchev–Trinajstić information content (AvgIpc) is 3.07. The maximum Gasteiger partial charge on any atom is 0.122 e. The molecular weight excluding hydrogens is 298 g/mol. The molecule has 0 radical (unpaired) electrons. The lowest BCUT2D eigenvalue weighted by Crippen LogP contribution is -2.21. The molecule has 0 spiro atoms. The highest BCUT2D eigenvalue weighted by Crippen LogP contribution is 2.19. The topological polar surface area (TPSA) is 30.5 Å². The standard InChI is InChI=1S/C21H25NO2/c1-2-17-9-6-7-13-21(17)23-14-8-10-18-15-20(16-22-18)24-19-11-4-3-5-12-19/h3-13,18,20,22H,2,14-16H2,1H3/t18-,20+/m1/s1. The molecule has 1 heterocycles. The van der Waals surface area contributed by atoms with Gasteiger partial charge >= 0.3 is 0 Å². The normalized spacial score (nSPS) is 20.4. The molecule has 3 heteroatoms. The van der Waals surface area contributed by atoms with Crippen molar-refractivity contribution in [3.63, 3.8) is 0 Å². The van der Waals surface area contributed by atoms with Gasteiger partial charge in [0.1, 0.15) is 24.2 Å². The van der Waals surface area contributed by atoms with E-state index >= 15 is 0 Å². The van der Waals surface area contributed by atoms with Crippen LogP contribution in [0.3, 0.4) is 0 Å². The molecule has 2 atom stereocenters. The summed E-state index contributed by atoms with van der Waals surface area (Å²) in [7, 11) is 0. The Labute approximate surface area is 144 Å². The van der Waals surface area contributed by atoms with Crippen molar-refractivity contribution < 1.29 is 9.47 Å². The van der Waals surface area contributed by atoms with Gasteiger partial charge in [0.25, 0.3) is 0 Å². The van der Waals surface area contributed by atoms with E-state index in [1.54, 1.807) is 0 Å². The lowest BCUT2D eigenvalue weighted by molar-refractivity contribution is 0.221. The lowest BCUT2D eigenvalue weighted by atomic mass is 10.1. The van der Waals surface area contributed by atoms with Gasteiger partial charge in [-0.3, -0.25) is 0 Å². The van der Waals surface area contributed by atoms with Crippen molar-refractivity contribution in [1.29, 1.82) is 0 Å². The highest BCUT2D eigenvalue weighted by molar-refractivity contribution is 5.33. The van der Waals surface area contributed by atoms with Crippen molar-refractivity contribution in [2.75, 3.05) is 13.2 Å². The molecular formula is C21H25NO2. The van der Waals surface area contributed by atoms with E-state index in [1.165, 1.54) is 5.56 Å². The summed E-state index contributed by atoms with van der Waals surface area (Å²) in [4.78, 5) is 0. The van der Waals surface area contributed by atoms with Crippen molar-refractivity contribution in [3.8, 4) is 11.5 Å². The van der Waals surface area contributed by atoms with Crippen LogP contribution in [0.5, 0.6) is 11.5 Å². The van der Waals surface area contributed by atoms with Crippen molar-refractivity contribution >= 4 is 0 Å². The molecule has 0 saturated carbocycles. The molecule has 3 nitrogen and oxygen atoms in total. The number of rotatable bonds is 7. The van der Waals surface area contributed by atoms with Crippen LogP contribution >= 0.6 is 0 Å². The van der Waals surface area contributed by atoms with Crippen molar-refractivity contribution in [3.05, 3.63) is 72.3 Å². The molecule has 1 N–H and O–H groups in total. The predicted molar refractivity (Wildman–Crippen MR) is 97.7 cm³/mol. The van der Waals surface area contributed by atoms with Gasteiger partial charge in [0.2, 0.25) is 0 Å². The van der Waals surface area contributed by atoms with Crippen LogP contribution < -0.4 is 14.8 Å². The summed E-state index contributed by atoms with van der Waals surface area (Å²) in [6.45, 7) is 3.62. The largest absolute Gasteiger partial charge is 0.489 e. The molecule has 126 valence electrons. The van der Waals surface area contributed by atoms with E-state index in [-0.39, 0.29) is 6.10 Å². The second kappa shape index (κ2) is 8.55. The van der Waals surface area contributed by atoms with Gasteiger partial charge in [0.15, 0.2) is 0 Å². The Balaban J connectivity index is 1.43. The van der Waals surface area contributed by atoms with Crippen molar-refractivity contribution in [2.24, 2.45) is 0 Å². The number of benzene rings is 2. The molecule has 1 saturated heterocycles. The fraction of sp³-hybridized carbons (Fsp3) is 0.333. The molecule has 1 fully saturated rings. The summed E-state index contributed by atoms with van der Waals surface area (Å²) in [5.41, 5.74) is 1.25. The zero-order valence-corrected chi connectivity index (χ0v) is 14.2. The Morgan fingerprint density at radius 1 is 1.08 bits per heavy atom. The molecule has 3 rings (SSSR count). The second-order valence-electron chi connectivity index (χ2n) is 6.00. The molecule has 2 aromatic rings. The van der Waals surface area contributed by atoms with Gasteiger partial charge in [0, 0.05) is 19.0 Å². The third-order valence-electron chi connectivity index (χ3n) is 4.23. The molecule has 1 aliphatic heterocycles. The summed E-state index contributed by atoms with van der Waals surface area (Å²) in [5.74, 6) is 1.92. The van der Waals surface area contributed by atoms with Gasteiger partial charge < -0.3 is 14.8 Å². The molecule has 0 bridgehead atoms. The maximum absolute atomic E-state index is 5.98. The van der Waals surface area contributed by atoms with Crippen LogP contribution in [0.15, 0.2) is 66.7 Å². The fourth-order valence-corrected chi connectivity index (χ4v) is 2.96. The van der Waals surface area contributed by atoms with E-state index in [0.29, 0.717) is 12.6 Å². The summed E-state index contributed by atoms with van der Waals surface area (Å²) in [5, 5.41) is 3.48. The molecule has 2 aromatic carbocycles. The van der Waals surface area contributed by atoms with Crippen LogP contribution in [-0.4, -0.2) is 25.3 Å². The van der Waals surface area contributed by atoms with Crippen LogP contribution in [0, 0.1) is 0 Å². The first-order valence-corrected chi connectivity index (χ1v) is 8.67. The van der Waals surface area contributed by atoms with Gasteiger partial charge in [-0.25, -0.2) is 0 Å². The van der Waals surface area contributed by atoms with E-state index < -0.39 is 0 Å². The van der Waals surface area contributed by atoms with E-state index in [2.05, 4.69) is 36.5 Å². The Hall–Kier alpha value is -2.26. The number of hydrogen-bond acceptors (Lipinski definition) is 3. The minimum Gasteiger partial charge on any atom is -0.489 e. The number of para-hydroxylation sites is 2. The van der Waals surface area contributed by atoms with Crippen LogP contribution in [-0.2, 0) is 6.42 Å². The summed E-state index contributed by atoms with van der Waals surface area (Å²) in [6.07, 6.45) is 6.47. The van der Waals surface area contributed by atoms with E-state index in [0.717, 1.165) is 30.9 Å². The molecule has 24 heavy (non-hydrogen) atoms. The third kappa shape index (κ3) is 4.62. The molecule has 0 unspecified atom stereocenters. The predicted octanol–water partition coefficient (Wildman–Crippen LogP) is 3.99. The first-order chi connectivity index (χ1) is 11.8. The Morgan fingerprint density at radius 3 is 2.71 bits per heavy atom. The number of aryl methyl sites for hydroxylation is 1. The Morgan fingerprint density at radius 2 is 1.88 bits per heavy atom. The highest BCUT2D eigenvalue weighted by atomic mass is 16.5. The first-order valence-electron chi connectivity index (χ1n) is 8.67. The van der Waals surface area contributed by atoms with Gasteiger partial charge in [-0.2, -0.15) is 0 Å². The molecule has 1 aliphatic rings. The maximum atomic E-state index is 5.98. The fourth-order valence-electron chi connectivity index (χ4n) is 2.96. The zero-order chi connectivity index (χ0) is 16.6. The SMILES string of the molecule is CCc1ccccc1OCC=C[C@@H]1C[C@H](Oc2ccccc2)CN1. The van der Waals surface area contributed by atoms with Gasteiger partial charge in [-0.05, 0) is 36.3 Å². The highest BCUT2D eigenvalue weighted by Gasteiger charge is 2.23. The van der Waals surface area contributed by atoms with E-state index in [9.17, 15) is 0 Å². The summed E-state index contributed by atoms with van der Waals surface area (Å²) in [6, 6.07) is 18.6. The van der Waals surface area contributed by atoms with Crippen molar-refractivity contribution in [1.82, 2.24) is 5.32 Å². The van der Waals surface area contributed by atoms with Crippen LogP contribution in [0.1, 0.15) is 18.9 Å². The minimum atomic E-state index is 0.226. The van der Waals surface area contributed by atoms with E-state index in [4.69, 9.17) is 9.47 Å². The lowest BCUT2D eigenvalue weighted by Gasteiger charge is -2.12. The monoisotopic (exact) mass is 323 g/mol. The number of ether oxygens (including phenoxy) is 2. The van der Waals surface area contributed by atoms with Gasteiger partial charge in [0.05, 0.1) is 0 Å². The molecule has 0 aromatic heterocycles. The summed E-state index contributed by atoms with van der Waals surface area (Å²) >= 11 is 0. The third-order valence-corrected chi connectivity index (χ3v) is 4.23. The van der Waals surface area contributed by atoms with Crippen LogP contribution in [0.2, 0.25) is 0 Å². The van der Waals surface area contributed by atoms with Gasteiger partial charge in [-0.1, -0.05) is 49.4 Å². The molecule has 0 amide bonds.